The molecule has 16 heavy (non-hydrogen) atoms. The summed E-state index contributed by atoms with van der Waals surface area (Å²) in [4.78, 5) is 0. The van der Waals surface area contributed by atoms with Crippen LogP contribution < -0.4 is 10.5 Å². The zero-order chi connectivity index (χ0) is 11.8. The van der Waals surface area contributed by atoms with Crippen LogP contribution >= 0.6 is 0 Å². The average molecular weight is 219 g/mol. The summed E-state index contributed by atoms with van der Waals surface area (Å²) in [5, 5.41) is 0. The lowest BCUT2D eigenvalue weighted by molar-refractivity contribution is 0.0706. The Balaban J connectivity index is 2.19. The van der Waals surface area contributed by atoms with E-state index in [9.17, 15) is 0 Å². The molecule has 1 aromatic rings. The van der Waals surface area contributed by atoms with Gasteiger partial charge in [0.25, 0.3) is 0 Å². The van der Waals surface area contributed by atoms with Gasteiger partial charge in [-0.1, -0.05) is 26.0 Å². The van der Waals surface area contributed by atoms with Crippen molar-refractivity contribution in [1.29, 1.82) is 0 Å². The Kier molecular flexibility index (Phi) is 2.94. The van der Waals surface area contributed by atoms with Crippen molar-refractivity contribution in [3.05, 3.63) is 29.8 Å². The monoisotopic (exact) mass is 219 g/mol. The van der Waals surface area contributed by atoms with Crippen LogP contribution in [-0.4, -0.2) is 13.2 Å². The fourth-order valence-corrected chi connectivity index (χ4v) is 2.75. The molecule has 1 aromatic carbocycles. The molecule has 0 amide bonds. The third kappa shape index (κ3) is 1.61. The fourth-order valence-electron chi connectivity index (χ4n) is 2.75. The van der Waals surface area contributed by atoms with Crippen LogP contribution in [0, 0.1) is 5.41 Å². The van der Waals surface area contributed by atoms with Gasteiger partial charge in [0.2, 0.25) is 0 Å². The summed E-state index contributed by atoms with van der Waals surface area (Å²) in [6.45, 7) is 4.53. The van der Waals surface area contributed by atoms with E-state index in [4.69, 9.17) is 10.5 Å². The number of benzene rings is 1. The van der Waals surface area contributed by atoms with Gasteiger partial charge in [0.05, 0.1) is 7.11 Å². The third-order valence-corrected chi connectivity index (χ3v) is 4.41. The smallest absolute Gasteiger partial charge is 0.118 e. The van der Waals surface area contributed by atoms with Gasteiger partial charge in [-0.3, -0.25) is 0 Å². The predicted octanol–water partition coefficient (Wildman–Crippen LogP) is 2.93. The van der Waals surface area contributed by atoms with Crippen LogP contribution in [0.3, 0.4) is 0 Å². The molecule has 0 heterocycles. The summed E-state index contributed by atoms with van der Waals surface area (Å²) in [7, 11) is 1.70. The quantitative estimate of drug-likeness (QED) is 0.848. The van der Waals surface area contributed by atoms with E-state index >= 15 is 0 Å². The van der Waals surface area contributed by atoms with Crippen LogP contribution in [-0.2, 0) is 0 Å². The average Bonchev–Trinajstić information content (AvgIpc) is 2.35. The highest BCUT2D eigenvalue weighted by atomic mass is 16.5. The normalized spacial score (nSPS) is 33.2. The van der Waals surface area contributed by atoms with Crippen molar-refractivity contribution >= 4 is 0 Å². The Morgan fingerprint density at radius 1 is 1.38 bits per heavy atom. The van der Waals surface area contributed by atoms with Crippen LogP contribution in [0.2, 0.25) is 0 Å². The predicted molar refractivity (Wildman–Crippen MR) is 66.7 cm³/mol. The Morgan fingerprint density at radius 2 is 2.00 bits per heavy atom. The molecule has 1 saturated carbocycles. The minimum absolute atomic E-state index is 0.272. The molecule has 0 spiro atoms. The van der Waals surface area contributed by atoms with Gasteiger partial charge < -0.3 is 10.5 Å². The van der Waals surface area contributed by atoms with Gasteiger partial charge in [-0.15, -0.1) is 0 Å². The number of rotatable bonds is 3. The summed E-state index contributed by atoms with van der Waals surface area (Å²) in [6.07, 6.45) is 2.25. The van der Waals surface area contributed by atoms with Gasteiger partial charge in [-0.25, -0.2) is 0 Å². The summed E-state index contributed by atoms with van der Waals surface area (Å²) >= 11 is 0. The van der Waals surface area contributed by atoms with Crippen LogP contribution in [0.5, 0.6) is 5.75 Å². The fraction of sp³-hybridized carbons (Fsp3) is 0.571. The maximum atomic E-state index is 6.13. The molecule has 2 nitrogen and oxygen atoms in total. The van der Waals surface area contributed by atoms with Crippen molar-refractivity contribution in [2.45, 2.75) is 38.6 Å². The minimum Gasteiger partial charge on any atom is -0.497 e. The highest BCUT2D eigenvalue weighted by Crippen LogP contribution is 2.53. The molecule has 0 aromatic heterocycles. The number of ether oxygens (including phenoxy) is 1. The zero-order valence-electron chi connectivity index (χ0n) is 10.4. The minimum atomic E-state index is 0.272. The first kappa shape index (κ1) is 11.5. The van der Waals surface area contributed by atoms with Crippen molar-refractivity contribution < 1.29 is 4.74 Å². The van der Waals surface area contributed by atoms with E-state index in [-0.39, 0.29) is 5.41 Å². The lowest BCUT2D eigenvalue weighted by Crippen LogP contribution is -2.54. The van der Waals surface area contributed by atoms with Crippen molar-refractivity contribution in [2.75, 3.05) is 7.11 Å². The Bertz CT molecular complexity index is 360. The van der Waals surface area contributed by atoms with E-state index in [1.807, 2.05) is 12.1 Å². The second-order valence-electron chi connectivity index (χ2n) is 5.03. The summed E-state index contributed by atoms with van der Waals surface area (Å²) in [5.74, 6) is 1.53. The number of methoxy groups -OCH3 is 1. The molecule has 2 N–H and O–H groups in total. The van der Waals surface area contributed by atoms with Crippen molar-refractivity contribution in [3.8, 4) is 5.75 Å². The zero-order valence-corrected chi connectivity index (χ0v) is 10.4. The van der Waals surface area contributed by atoms with E-state index in [2.05, 4.69) is 26.0 Å². The highest BCUT2D eigenvalue weighted by Gasteiger charge is 2.48. The molecule has 2 heteroatoms. The SMILES string of the molecule is CCC1(C)C(N)CC1c1ccc(OC)cc1. The van der Waals surface area contributed by atoms with Crippen LogP contribution in [0.25, 0.3) is 0 Å². The highest BCUT2D eigenvalue weighted by molar-refractivity contribution is 5.33. The largest absolute Gasteiger partial charge is 0.497 e. The first-order chi connectivity index (χ1) is 7.61. The molecule has 1 aliphatic rings. The van der Waals surface area contributed by atoms with E-state index in [0.717, 1.165) is 18.6 Å². The van der Waals surface area contributed by atoms with E-state index in [1.54, 1.807) is 7.11 Å². The topological polar surface area (TPSA) is 35.2 Å². The Hall–Kier alpha value is -1.02. The maximum absolute atomic E-state index is 6.13. The lowest BCUT2D eigenvalue weighted by atomic mass is 9.54. The second-order valence-corrected chi connectivity index (χ2v) is 5.03. The number of nitrogens with two attached hydrogens (primary N) is 1. The first-order valence-electron chi connectivity index (χ1n) is 6.01. The van der Waals surface area contributed by atoms with Gasteiger partial charge in [-0.05, 0) is 41.9 Å². The molecular formula is C14H21NO. The van der Waals surface area contributed by atoms with Gasteiger partial charge in [-0.2, -0.15) is 0 Å². The van der Waals surface area contributed by atoms with E-state index in [0.29, 0.717) is 12.0 Å². The van der Waals surface area contributed by atoms with Crippen molar-refractivity contribution in [3.63, 3.8) is 0 Å². The molecule has 3 atom stereocenters. The van der Waals surface area contributed by atoms with Gasteiger partial charge in [0, 0.05) is 6.04 Å². The molecule has 3 unspecified atom stereocenters. The van der Waals surface area contributed by atoms with Crippen LogP contribution in [0.4, 0.5) is 0 Å². The lowest BCUT2D eigenvalue weighted by Gasteiger charge is -2.53. The Labute approximate surface area is 97.8 Å². The molecule has 0 aliphatic heterocycles. The van der Waals surface area contributed by atoms with E-state index < -0.39 is 0 Å². The molecule has 0 bridgehead atoms. The molecule has 88 valence electrons. The van der Waals surface area contributed by atoms with Crippen molar-refractivity contribution in [2.24, 2.45) is 11.1 Å². The summed E-state index contributed by atoms with van der Waals surface area (Å²) in [6, 6.07) is 8.77. The van der Waals surface area contributed by atoms with Crippen LogP contribution in [0.1, 0.15) is 38.2 Å². The Morgan fingerprint density at radius 3 is 2.44 bits per heavy atom. The number of hydrogen-bond acceptors (Lipinski definition) is 2. The molecule has 0 radical (unpaired) electrons. The summed E-state index contributed by atoms with van der Waals surface area (Å²) < 4.78 is 5.18. The molecular weight excluding hydrogens is 198 g/mol. The van der Waals surface area contributed by atoms with E-state index in [1.165, 1.54) is 5.56 Å². The standard InChI is InChI=1S/C14H21NO/c1-4-14(2)12(9-13(14)15)10-5-7-11(16-3)8-6-10/h5-8,12-13H,4,9,15H2,1-3H3. The van der Waals surface area contributed by atoms with Crippen molar-refractivity contribution in [1.82, 2.24) is 0 Å². The first-order valence-corrected chi connectivity index (χ1v) is 6.01. The van der Waals surface area contributed by atoms with Gasteiger partial charge in [0.15, 0.2) is 0 Å². The molecule has 1 fully saturated rings. The van der Waals surface area contributed by atoms with Crippen LogP contribution in [0.15, 0.2) is 24.3 Å². The molecule has 0 saturated heterocycles. The van der Waals surface area contributed by atoms with Gasteiger partial charge in [0.1, 0.15) is 5.75 Å². The maximum Gasteiger partial charge on any atom is 0.118 e. The van der Waals surface area contributed by atoms with Gasteiger partial charge >= 0.3 is 0 Å². The summed E-state index contributed by atoms with van der Waals surface area (Å²) in [5.41, 5.74) is 7.79. The molecule has 2 rings (SSSR count). The third-order valence-electron chi connectivity index (χ3n) is 4.41. The molecule has 1 aliphatic carbocycles. The number of hydrogen-bond donors (Lipinski definition) is 1. The second kappa shape index (κ2) is 4.10.